The Morgan fingerprint density at radius 2 is 2.64 bits per heavy atom. The highest BCUT2D eigenvalue weighted by Crippen LogP contribution is 2.20. The van der Waals surface area contributed by atoms with Gasteiger partial charge in [-0.25, -0.2) is 0 Å². The lowest BCUT2D eigenvalue weighted by Gasteiger charge is -2.23. The minimum absolute atomic E-state index is 0.0848. The average Bonchev–Trinajstić information content (AvgIpc) is 2.17. The first kappa shape index (κ1) is 10.5. The number of nitro groups is 1. The molecule has 0 saturated heterocycles. The molecule has 1 rings (SSSR count). The van der Waals surface area contributed by atoms with Crippen molar-refractivity contribution < 1.29 is 14.4 Å². The predicted octanol–water partition coefficient (Wildman–Crippen LogP) is 0.822. The zero-order valence-corrected chi connectivity index (χ0v) is 7.67. The van der Waals surface area contributed by atoms with Crippen molar-refractivity contribution in [3.05, 3.63) is 21.9 Å². The van der Waals surface area contributed by atoms with Crippen LogP contribution in [0.1, 0.15) is 13.3 Å². The van der Waals surface area contributed by atoms with Crippen molar-refractivity contribution in [2.24, 2.45) is 0 Å². The molecule has 0 amide bonds. The van der Waals surface area contributed by atoms with Gasteiger partial charge in [0.2, 0.25) is 0 Å². The molecule has 2 atom stereocenters. The molecule has 0 saturated carbocycles. The molecule has 1 aliphatic heterocycles. The van der Waals surface area contributed by atoms with E-state index in [1.807, 2.05) is 0 Å². The van der Waals surface area contributed by atoms with Crippen LogP contribution in [0.4, 0.5) is 0 Å². The molecule has 0 aliphatic carbocycles. The Bertz CT molecular complexity index is 294. The largest absolute Gasteiger partial charge is 0.447 e. The molecule has 0 radical (unpaired) electrons. The number of allylic oxidation sites excluding steroid dienone is 1. The molecule has 14 heavy (non-hydrogen) atoms. The van der Waals surface area contributed by atoms with Gasteiger partial charge in [-0.05, 0) is 13.0 Å². The van der Waals surface area contributed by atoms with Gasteiger partial charge in [-0.3, -0.25) is 10.1 Å². The summed E-state index contributed by atoms with van der Waals surface area (Å²) in [6.45, 7) is 2.03. The molecule has 0 spiro atoms. The summed E-state index contributed by atoms with van der Waals surface area (Å²) in [4.78, 5) is 10.1. The average molecular weight is 198 g/mol. The highest BCUT2D eigenvalue weighted by molar-refractivity contribution is 5.15. The lowest BCUT2D eigenvalue weighted by atomic mass is 10.1. The summed E-state index contributed by atoms with van der Waals surface area (Å²) in [6, 6.07) is 0.864. The number of hydrogen-bond acceptors (Lipinski definition) is 5. The van der Waals surface area contributed by atoms with E-state index in [1.54, 1.807) is 13.0 Å². The predicted molar refractivity (Wildman–Crippen MR) is 45.6 cm³/mol. The van der Waals surface area contributed by atoms with E-state index in [4.69, 9.17) is 14.7 Å². The summed E-state index contributed by atoms with van der Waals surface area (Å²) < 4.78 is 10.0. The molecule has 2 unspecified atom stereocenters. The van der Waals surface area contributed by atoms with Crippen LogP contribution in [0.2, 0.25) is 0 Å². The van der Waals surface area contributed by atoms with E-state index in [0.29, 0.717) is 6.61 Å². The highest BCUT2D eigenvalue weighted by Gasteiger charge is 2.36. The summed E-state index contributed by atoms with van der Waals surface area (Å²) in [7, 11) is 0. The number of nitriles is 1. The topological polar surface area (TPSA) is 85.4 Å². The molecular weight excluding hydrogens is 188 g/mol. The van der Waals surface area contributed by atoms with Crippen molar-refractivity contribution in [1.82, 2.24) is 0 Å². The Hall–Kier alpha value is -1.61. The van der Waals surface area contributed by atoms with Crippen LogP contribution in [0.5, 0.6) is 0 Å². The molecule has 0 fully saturated rings. The third-order valence-electron chi connectivity index (χ3n) is 1.81. The van der Waals surface area contributed by atoms with E-state index in [1.165, 1.54) is 6.08 Å². The van der Waals surface area contributed by atoms with Gasteiger partial charge in [0.1, 0.15) is 6.07 Å². The van der Waals surface area contributed by atoms with Crippen molar-refractivity contribution in [2.75, 3.05) is 6.61 Å². The molecule has 0 aromatic rings. The minimum Gasteiger partial charge on any atom is -0.447 e. The SMILES string of the molecule is CCOC1OC(C#N)=CCC1[N+](=O)[O-]. The number of hydrogen-bond donors (Lipinski definition) is 0. The lowest BCUT2D eigenvalue weighted by Crippen LogP contribution is -2.39. The minimum atomic E-state index is -0.949. The van der Waals surface area contributed by atoms with Gasteiger partial charge in [-0.1, -0.05) is 0 Å². The van der Waals surface area contributed by atoms with Crippen LogP contribution < -0.4 is 0 Å². The van der Waals surface area contributed by atoms with Gasteiger partial charge >= 0.3 is 0 Å². The molecule has 1 heterocycles. The summed E-state index contributed by atoms with van der Waals surface area (Å²) in [5.41, 5.74) is 0. The van der Waals surface area contributed by atoms with Crippen molar-refractivity contribution in [3.63, 3.8) is 0 Å². The fraction of sp³-hybridized carbons (Fsp3) is 0.625. The Morgan fingerprint density at radius 3 is 3.14 bits per heavy atom. The van der Waals surface area contributed by atoms with E-state index in [-0.39, 0.29) is 12.2 Å². The summed E-state index contributed by atoms with van der Waals surface area (Å²) in [6.07, 6.45) is 0.624. The molecule has 0 aromatic heterocycles. The molecule has 1 aliphatic rings. The first-order valence-corrected chi connectivity index (χ1v) is 4.21. The first-order chi connectivity index (χ1) is 6.69. The zero-order valence-electron chi connectivity index (χ0n) is 7.67. The second-order valence-corrected chi connectivity index (χ2v) is 2.71. The Balaban J connectivity index is 2.73. The lowest BCUT2D eigenvalue weighted by molar-refractivity contribution is -0.548. The maximum absolute atomic E-state index is 10.6. The Labute approximate surface area is 80.9 Å². The molecule has 0 N–H and O–H groups in total. The second kappa shape index (κ2) is 4.58. The standard InChI is InChI=1S/C8H10N2O4/c1-2-13-8-7(10(11)12)4-3-6(5-9)14-8/h3,7-8H,2,4H2,1H3. The van der Waals surface area contributed by atoms with Gasteiger partial charge in [0, 0.05) is 18.0 Å². The normalized spacial score (nSPS) is 25.9. The summed E-state index contributed by atoms with van der Waals surface area (Å²) in [5.74, 6) is 0.0848. The van der Waals surface area contributed by atoms with Crippen LogP contribution in [-0.4, -0.2) is 23.9 Å². The van der Waals surface area contributed by atoms with Gasteiger partial charge in [0.15, 0.2) is 5.76 Å². The Morgan fingerprint density at radius 1 is 1.93 bits per heavy atom. The number of nitrogens with zero attached hydrogens (tertiary/aromatic N) is 2. The van der Waals surface area contributed by atoms with Crippen molar-refractivity contribution >= 4 is 0 Å². The third-order valence-corrected chi connectivity index (χ3v) is 1.81. The van der Waals surface area contributed by atoms with Crippen molar-refractivity contribution in [2.45, 2.75) is 25.7 Å². The first-order valence-electron chi connectivity index (χ1n) is 4.21. The fourth-order valence-corrected chi connectivity index (χ4v) is 1.16. The monoisotopic (exact) mass is 198 g/mol. The number of ether oxygens (including phenoxy) is 2. The molecule has 0 bridgehead atoms. The molecule has 0 aromatic carbocycles. The van der Waals surface area contributed by atoms with Crippen molar-refractivity contribution in [3.8, 4) is 6.07 Å². The molecule has 76 valence electrons. The quantitative estimate of drug-likeness (QED) is 0.495. The fourth-order valence-electron chi connectivity index (χ4n) is 1.16. The van der Waals surface area contributed by atoms with E-state index >= 15 is 0 Å². The van der Waals surface area contributed by atoms with Gasteiger partial charge in [0.25, 0.3) is 12.3 Å². The van der Waals surface area contributed by atoms with Crippen LogP contribution in [0.3, 0.4) is 0 Å². The van der Waals surface area contributed by atoms with E-state index < -0.39 is 17.3 Å². The molecule has 6 nitrogen and oxygen atoms in total. The van der Waals surface area contributed by atoms with Crippen LogP contribution in [-0.2, 0) is 9.47 Å². The maximum atomic E-state index is 10.6. The third kappa shape index (κ3) is 2.20. The van der Waals surface area contributed by atoms with Gasteiger partial charge < -0.3 is 9.47 Å². The summed E-state index contributed by atoms with van der Waals surface area (Å²) in [5, 5.41) is 19.1. The van der Waals surface area contributed by atoms with E-state index in [0.717, 1.165) is 0 Å². The van der Waals surface area contributed by atoms with Crippen LogP contribution in [0, 0.1) is 21.4 Å². The summed E-state index contributed by atoms with van der Waals surface area (Å²) >= 11 is 0. The molecule has 6 heteroatoms. The van der Waals surface area contributed by atoms with Gasteiger partial charge in [-0.2, -0.15) is 5.26 Å². The van der Waals surface area contributed by atoms with Crippen LogP contribution in [0.15, 0.2) is 11.8 Å². The van der Waals surface area contributed by atoms with Crippen LogP contribution >= 0.6 is 0 Å². The molecular formula is C8H10N2O4. The second-order valence-electron chi connectivity index (χ2n) is 2.71. The van der Waals surface area contributed by atoms with Crippen LogP contribution in [0.25, 0.3) is 0 Å². The van der Waals surface area contributed by atoms with Gasteiger partial charge in [-0.15, -0.1) is 0 Å². The smallest absolute Gasteiger partial charge is 0.277 e. The highest BCUT2D eigenvalue weighted by atomic mass is 16.7. The van der Waals surface area contributed by atoms with E-state index in [9.17, 15) is 10.1 Å². The Kier molecular flexibility index (Phi) is 3.42. The van der Waals surface area contributed by atoms with E-state index in [2.05, 4.69) is 0 Å². The van der Waals surface area contributed by atoms with Gasteiger partial charge in [0.05, 0.1) is 0 Å². The number of rotatable bonds is 3. The van der Waals surface area contributed by atoms with Crippen molar-refractivity contribution in [1.29, 1.82) is 5.26 Å². The maximum Gasteiger partial charge on any atom is 0.277 e. The zero-order chi connectivity index (χ0) is 10.6.